The van der Waals surface area contributed by atoms with Crippen LogP contribution < -0.4 is 0 Å². The van der Waals surface area contributed by atoms with Crippen LogP contribution in [0.5, 0.6) is 0 Å². The molecule has 9 heavy (non-hydrogen) atoms. The van der Waals surface area contributed by atoms with Gasteiger partial charge in [-0.25, -0.2) is 0 Å². The highest BCUT2D eigenvalue weighted by Crippen LogP contribution is 2.58. The third kappa shape index (κ3) is 0.660. The minimum atomic E-state index is 0.823. The molecule has 0 heterocycles. The van der Waals surface area contributed by atoms with E-state index < -0.39 is 0 Å². The van der Waals surface area contributed by atoms with Gasteiger partial charge in [0.2, 0.25) is 0 Å². The van der Waals surface area contributed by atoms with Crippen LogP contribution in [0.2, 0.25) is 0 Å². The van der Waals surface area contributed by atoms with Gasteiger partial charge in [0.1, 0.15) is 0 Å². The smallest absolute Gasteiger partial charge is 0.0624 e. The number of hydrogen-bond donors (Lipinski definition) is 0. The van der Waals surface area contributed by atoms with E-state index in [0.717, 1.165) is 24.2 Å². The Morgan fingerprint density at radius 2 is 2.00 bits per heavy atom. The van der Waals surface area contributed by atoms with E-state index >= 15 is 0 Å². The fourth-order valence-electron chi connectivity index (χ4n) is 2.38. The average Bonchev–Trinajstić information content (AvgIpc) is 2.39. The molecule has 0 aromatic carbocycles. The molecule has 0 radical (unpaired) electrons. The minimum absolute atomic E-state index is 0.823. The number of fused-ring (bicyclic) bond motifs is 1. The maximum atomic E-state index is 8.38. The standard InChI is InChI=1S/C8H11N/c9-5-4-8-6-2-1-3-7(6)8/h6-8H,1-4H2. The van der Waals surface area contributed by atoms with Gasteiger partial charge < -0.3 is 0 Å². The lowest BCUT2D eigenvalue weighted by atomic mass is 10.1. The molecule has 0 aromatic heterocycles. The van der Waals surface area contributed by atoms with E-state index in [-0.39, 0.29) is 0 Å². The number of nitriles is 1. The van der Waals surface area contributed by atoms with Crippen molar-refractivity contribution < 1.29 is 0 Å². The fourth-order valence-corrected chi connectivity index (χ4v) is 2.38. The highest BCUT2D eigenvalue weighted by Gasteiger charge is 2.51. The third-order valence-corrected chi connectivity index (χ3v) is 2.91. The third-order valence-electron chi connectivity index (χ3n) is 2.91. The molecule has 1 nitrogen and oxygen atoms in total. The van der Waals surface area contributed by atoms with Crippen LogP contribution in [0.3, 0.4) is 0 Å². The monoisotopic (exact) mass is 121 g/mol. The Morgan fingerprint density at radius 3 is 2.56 bits per heavy atom. The first-order valence-corrected chi connectivity index (χ1v) is 3.80. The predicted molar refractivity (Wildman–Crippen MR) is 34.6 cm³/mol. The molecule has 0 saturated heterocycles. The number of hydrogen-bond acceptors (Lipinski definition) is 1. The molecule has 0 spiro atoms. The summed E-state index contributed by atoms with van der Waals surface area (Å²) in [5.74, 6) is 2.78. The van der Waals surface area contributed by atoms with Crippen LogP contribution in [0.4, 0.5) is 0 Å². The van der Waals surface area contributed by atoms with Crippen molar-refractivity contribution in [3.63, 3.8) is 0 Å². The largest absolute Gasteiger partial charge is 0.198 e. The van der Waals surface area contributed by atoms with E-state index in [2.05, 4.69) is 6.07 Å². The summed E-state index contributed by atoms with van der Waals surface area (Å²) >= 11 is 0. The van der Waals surface area contributed by atoms with Gasteiger partial charge in [0.05, 0.1) is 6.07 Å². The predicted octanol–water partition coefficient (Wildman–Crippen LogP) is 1.95. The van der Waals surface area contributed by atoms with Gasteiger partial charge in [-0.1, -0.05) is 6.42 Å². The summed E-state index contributed by atoms with van der Waals surface area (Å²) in [5, 5.41) is 8.38. The van der Waals surface area contributed by atoms with E-state index in [1.807, 2.05) is 0 Å². The van der Waals surface area contributed by atoms with Crippen LogP contribution in [-0.2, 0) is 0 Å². The topological polar surface area (TPSA) is 23.8 Å². The van der Waals surface area contributed by atoms with E-state index in [0.29, 0.717) is 0 Å². The molecular weight excluding hydrogens is 110 g/mol. The molecule has 0 amide bonds. The van der Waals surface area contributed by atoms with Crippen molar-refractivity contribution in [2.24, 2.45) is 17.8 Å². The second-order valence-electron chi connectivity index (χ2n) is 3.28. The molecule has 0 aliphatic heterocycles. The molecule has 2 saturated carbocycles. The summed E-state index contributed by atoms with van der Waals surface area (Å²) in [6.07, 6.45) is 5.08. The molecule has 2 atom stereocenters. The molecule has 2 aliphatic carbocycles. The van der Waals surface area contributed by atoms with Gasteiger partial charge in [0, 0.05) is 6.42 Å². The Balaban J connectivity index is 1.89. The maximum Gasteiger partial charge on any atom is 0.0624 e. The van der Waals surface area contributed by atoms with Crippen molar-refractivity contribution in [1.82, 2.24) is 0 Å². The van der Waals surface area contributed by atoms with Crippen LogP contribution in [0, 0.1) is 29.1 Å². The van der Waals surface area contributed by atoms with E-state index in [1.54, 1.807) is 0 Å². The van der Waals surface area contributed by atoms with Crippen LogP contribution in [0.25, 0.3) is 0 Å². The quantitative estimate of drug-likeness (QED) is 0.520. The molecule has 1 heteroatoms. The minimum Gasteiger partial charge on any atom is -0.198 e. The van der Waals surface area contributed by atoms with Gasteiger partial charge in [-0.3, -0.25) is 0 Å². The van der Waals surface area contributed by atoms with Crippen molar-refractivity contribution in [1.29, 1.82) is 5.26 Å². The molecule has 2 fully saturated rings. The Kier molecular flexibility index (Phi) is 1.02. The Labute approximate surface area is 55.7 Å². The molecule has 2 unspecified atom stereocenters. The van der Waals surface area contributed by atoms with Crippen molar-refractivity contribution in [3.05, 3.63) is 0 Å². The molecule has 0 bridgehead atoms. The van der Waals surface area contributed by atoms with Crippen molar-refractivity contribution in [2.75, 3.05) is 0 Å². The van der Waals surface area contributed by atoms with Gasteiger partial charge in [-0.05, 0) is 30.6 Å². The molecule has 2 rings (SSSR count). The zero-order valence-corrected chi connectivity index (χ0v) is 5.51. The first-order chi connectivity index (χ1) is 4.43. The fraction of sp³-hybridized carbons (Fsp3) is 0.875. The van der Waals surface area contributed by atoms with Gasteiger partial charge in [-0.15, -0.1) is 0 Å². The van der Waals surface area contributed by atoms with E-state index in [9.17, 15) is 0 Å². The van der Waals surface area contributed by atoms with Gasteiger partial charge in [-0.2, -0.15) is 5.26 Å². The summed E-state index contributed by atoms with van der Waals surface area (Å²) in [4.78, 5) is 0. The first kappa shape index (κ1) is 5.29. The highest BCUT2D eigenvalue weighted by atomic mass is 14.6. The molecule has 48 valence electrons. The SMILES string of the molecule is N#CCC1C2CCCC12. The van der Waals surface area contributed by atoms with Gasteiger partial charge in [0.25, 0.3) is 0 Å². The summed E-state index contributed by atoms with van der Waals surface area (Å²) < 4.78 is 0. The molecular formula is C8H11N. The second kappa shape index (κ2) is 1.73. The number of nitrogens with zero attached hydrogens (tertiary/aromatic N) is 1. The van der Waals surface area contributed by atoms with Gasteiger partial charge >= 0.3 is 0 Å². The molecule has 2 aliphatic rings. The first-order valence-electron chi connectivity index (χ1n) is 3.80. The Bertz CT molecular complexity index is 146. The average molecular weight is 121 g/mol. The molecule has 0 aromatic rings. The van der Waals surface area contributed by atoms with Crippen molar-refractivity contribution in [2.45, 2.75) is 25.7 Å². The summed E-state index contributed by atoms with van der Waals surface area (Å²) in [5.41, 5.74) is 0. The zero-order chi connectivity index (χ0) is 6.27. The highest BCUT2D eigenvalue weighted by molar-refractivity contribution is 5.03. The normalized spacial score (nSPS) is 45.9. The second-order valence-corrected chi connectivity index (χ2v) is 3.28. The number of rotatable bonds is 1. The van der Waals surface area contributed by atoms with Crippen LogP contribution in [-0.4, -0.2) is 0 Å². The lowest BCUT2D eigenvalue weighted by Crippen LogP contribution is -1.83. The zero-order valence-electron chi connectivity index (χ0n) is 5.51. The lowest BCUT2D eigenvalue weighted by Gasteiger charge is -1.93. The maximum absolute atomic E-state index is 8.38. The molecule has 0 N–H and O–H groups in total. The van der Waals surface area contributed by atoms with Crippen LogP contribution in [0.1, 0.15) is 25.7 Å². The summed E-state index contributed by atoms with van der Waals surface area (Å²) in [7, 11) is 0. The van der Waals surface area contributed by atoms with E-state index in [4.69, 9.17) is 5.26 Å². The van der Waals surface area contributed by atoms with Crippen LogP contribution in [0.15, 0.2) is 0 Å². The lowest BCUT2D eigenvalue weighted by molar-refractivity contribution is 0.598. The van der Waals surface area contributed by atoms with Gasteiger partial charge in [0.15, 0.2) is 0 Å². The van der Waals surface area contributed by atoms with Crippen molar-refractivity contribution in [3.8, 4) is 6.07 Å². The Morgan fingerprint density at radius 1 is 1.33 bits per heavy atom. The van der Waals surface area contributed by atoms with E-state index in [1.165, 1.54) is 19.3 Å². The summed E-state index contributed by atoms with van der Waals surface area (Å²) in [6.45, 7) is 0. The van der Waals surface area contributed by atoms with Crippen molar-refractivity contribution >= 4 is 0 Å². The van der Waals surface area contributed by atoms with Crippen LogP contribution >= 0.6 is 0 Å². The summed E-state index contributed by atoms with van der Waals surface area (Å²) in [6, 6.07) is 2.26. The Hall–Kier alpha value is -0.510.